The number of carbonyl (C=O) groups is 1. The van der Waals surface area contributed by atoms with Crippen molar-refractivity contribution in [3.63, 3.8) is 0 Å². The number of esters is 1. The van der Waals surface area contributed by atoms with Gasteiger partial charge in [-0.1, -0.05) is 54.6 Å². The molecule has 0 aromatic heterocycles. The van der Waals surface area contributed by atoms with Crippen LogP contribution in [0.1, 0.15) is 23.0 Å². The smallest absolute Gasteiger partial charge is 0.377 e. The Kier molecular flexibility index (Phi) is 3.83. The summed E-state index contributed by atoms with van der Waals surface area (Å²) in [6.07, 6.45) is -0.648. The lowest BCUT2D eigenvalue weighted by atomic mass is 10.1. The SMILES string of the molecule is COC(=O)C1=C(c2ccccc2C)OC(c2ccccc2)O1. The number of rotatable bonds is 3. The maximum Gasteiger partial charge on any atom is 0.377 e. The van der Waals surface area contributed by atoms with Crippen molar-refractivity contribution in [1.29, 1.82) is 0 Å². The van der Waals surface area contributed by atoms with Gasteiger partial charge < -0.3 is 14.2 Å². The highest BCUT2D eigenvalue weighted by Crippen LogP contribution is 2.39. The molecule has 2 aromatic carbocycles. The zero-order valence-corrected chi connectivity index (χ0v) is 12.4. The van der Waals surface area contributed by atoms with E-state index in [1.54, 1.807) is 0 Å². The van der Waals surface area contributed by atoms with E-state index in [-0.39, 0.29) is 5.76 Å². The van der Waals surface area contributed by atoms with E-state index in [2.05, 4.69) is 0 Å². The molecule has 0 spiro atoms. The van der Waals surface area contributed by atoms with Gasteiger partial charge in [0.05, 0.1) is 7.11 Å². The topological polar surface area (TPSA) is 44.8 Å². The molecule has 2 aromatic rings. The maximum atomic E-state index is 12.0. The summed E-state index contributed by atoms with van der Waals surface area (Å²) >= 11 is 0. The third-order valence-corrected chi connectivity index (χ3v) is 3.49. The zero-order chi connectivity index (χ0) is 15.5. The standard InChI is InChI=1S/C18H16O4/c1-12-8-6-7-11-14(12)15-16(17(19)20-2)22-18(21-15)13-9-4-3-5-10-13/h3-11,18H,1-2H3. The van der Waals surface area contributed by atoms with E-state index >= 15 is 0 Å². The molecule has 0 bridgehead atoms. The second kappa shape index (κ2) is 5.93. The molecule has 1 atom stereocenters. The Morgan fingerprint density at radius 3 is 2.36 bits per heavy atom. The van der Waals surface area contributed by atoms with Gasteiger partial charge in [-0.2, -0.15) is 0 Å². The number of methoxy groups -OCH3 is 1. The number of hydrogen-bond donors (Lipinski definition) is 0. The third-order valence-electron chi connectivity index (χ3n) is 3.49. The lowest BCUT2D eigenvalue weighted by molar-refractivity contribution is -0.142. The van der Waals surface area contributed by atoms with E-state index in [1.165, 1.54) is 7.11 Å². The lowest BCUT2D eigenvalue weighted by Gasteiger charge is -2.12. The van der Waals surface area contributed by atoms with Crippen molar-refractivity contribution < 1.29 is 19.0 Å². The monoisotopic (exact) mass is 296 g/mol. The van der Waals surface area contributed by atoms with Crippen LogP contribution in [0.4, 0.5) is 0 Å². The van der Waals surface area contributed by atoms with Gasteiger partial charge in [0, 0.05) is 11.1 Å². The largest absolute Gasteiger partial charge is 0.463 e. The van der Waals surface area contributed by atoms with Crippen LogP contribution in [0.5, 0.6) is 0 Å². The van der Waals surface area contributed by atoms with Gasteiger partial charge >= 0.3 is 5.97 Å². The predicted molar refractivity (Wildman–Crippen MR) is 81.5 cm³/mol. The first-order chi connectivity index (χ1) is 10.7. The van der Waals surface area contributed by atoms with E-state index in [1.807, 2.05) is 61.5 Å². The summed E-state index contributed by atoms with van der Waals surface area (Å²) < 4.78 is 16.4. The molecule has 0 N–H and O–H groups in total. The second-order valence-corrected chi connectivity index (χ2v) is 4.94. The molecule has 112 valence electrons. The van der Waals surface area contributed by atoms with E-state index in [4.69, 9.17) is 14.2 Å². The van der Waals surface area contributed by atoms with Crippen LogP contribution in [0.25, 0.3) is 5.76 Å². The van der Waals surface area contributed by atoms with E-state index in [0.29, 0.717) is 5.76 Å². The van der Waals surface area contributed by atoms with Crippen molar-refractivity contribution in [2.24, 2.45) is 0 Å². The van der Waals surface area contributed by atoms with Gasteiger partial charge in [-0.05, 0) is 12.5 Å². The van der Waals surface area contributed by atoms with Crippen molar-refractivity contribution in [1.82, 2.24) is 0 Å². The summed E-state index contributed by atoms with van der Waals surface area (Å²) in [6, 6.07) is 17.2. The first-order valence-electron chi connectivity index (χ1n) is 6.97. The second-order valence-electron chi connectivity index (χ2n) is 4.94. The van der Waals surface area contributed by atoms with Crippen LogP contribution in [-0.2, 0) is 19.0 Å². The number of aryl methyl sites for hydroxylation is 1. The molecular weight excluding hydrogens is 280 g/mol. The van der Waals surface area contributed by atoms with Gasteiger partial charge in [-0.3, -0.25) is 0 Å². The molecule has 1 aliphatic rings. The van der Waals surface area contributed by atoms with Crippen molar-refractivity contribution in [2.45, 2.75) is 13.2 Å². The summed E-state index contributed by atoms with van der Waals surface area (Å²) in [7, 11) is 1.32. The minimum Gasteiger partial charge on any atom is -0.463 e. The first kappa shape index (κ1) is 14.2. The molecule has 1 heterocycles. The number of carbonyl (C=O) groups excluding carboxylic acids is 1. The molecule has 22 heavy (non-hydrogen) atoms. The Bertz CT molecular complexity index is 719. The molecule has 4 nitrogen and oxygen atoms in total. The number of ether oxygens (including phenoxy) is 3. The Morgan fingerprint density at radius 2 is 1.68 bits per heavy atom. The minimum absolute atomic E-state index is 0.102. The van der Waals surface area contributed by atoms with Gasteiger partial charge in [0.2, 0.25) is 0 Å². The molecule has 3 rings (SSSR count). The summed E-state index contributed by atoms with van der Waals surface area (Å²) in [5, 5.41) is 0. The van der Waals surface area contributed by atoms with Gasteiger partial charge in [0.25, 0.3) is 12.0 Å². The van der Waals surface area contributed by atoms with Crippen molar-refractivity contribution >= 4 is 11.7 Å². The van der Waals surface area contributed by atoms with Crippen molar-refractivity contribution in [3.8, 4) is 0 Å². The molecule has 4 heteroatoms. The molecule has 1 aliphatic heterocycles. The fraction of sp³-hybridized carbons (Fsp3) is 0.167. The third kappa shape index (κ3) is 2.55. The summed E-state index contributed by atoms with van der Waals surface area (Å²) in [6.45, 7) is 1.95. The fourth-order valence-electron chi connectivity index (χ4n) is 2.34. The maximum absolute atomic E-state index is 12.0. The normalized spacial score (nSPS) is 16.9. The Hall–Kier alpha value is -2.75. The van der Waals surface area contributed by atoms with Crippen LogP contribution in [0.15, 0.2) is 60.4 Å². The van der Waals surface area contributed by atoms with E-state index in [0.717, 1.165) is 16.7 Å². The molecule has 0 aliphatic carbocycles. The van der Waals surface area contributed by atoms with E-state index in [9.17, 15) is 4.79 Å². The Labute approximate surface area is 128 Å². The average Bonchev–Trinajstić information content (AvgIpc) is 3.00. The summed E-state index contributed by atoms with van der Waals surface area (Å²) in [5.41, 5.74) is 2.66. The predicted octanol–water partition coefficient (Wildman–Crippen LogP) is 3.58. The van der Waals surface area contributed by atoms with Crippen LogP contribution < -0.4 is 0 Å². The molecular formula is C18H16O4. The molecule has 1 unspecified atom stereocenters. The molecule has 0 fully saturated rings. The fourth-order valence-corrected chi connectivity index (χ4v) is 2.34. The Morgan fingerprint density at radius 1 is 1.00 bits per heavy atom. The van der Waals surface area contributed by atoms with Gasteiger partial charge in [-0.15, -0.1) is 0 Å². The van der Waals surface area contributed by atoms with Gasteiger partial charge in [-0.25, -0.2) is 4.79 Å². The lowest BCUT2D eigenvalue weighted by Crippen LogP contribution is -2.07. The highest BCUT2D eigenvalue weighted by molar-refractivity contribution is 5.95. The van der Waals surface area contributed by atoms with Gasteiger partial charge in [0.15, 0.2) is 5.76 Å². The molecule has 0 saturated carbocycles. The molecule has 0 radical (unpaired) electrons. The summed E-state index contributed by atoms with van der Waals surface area (Å²) in [4.78, 5) is 12.0. The van der Waals surface area contributed by atoms with Crippen LogP contribution in [-0.4, -0.2) is 13.1 Å². The average molecular weight is 296 g/mol. The zero-order valence-electron chi connectivity index (χ0n) is 12.4. The number of hydrogen-bond acceptors (Lipinski definition) is 4. The Balaban J connectivity index is 2.00. The van der Waals surface area contributed by atoms with Crippen LogP contribution in [0.2, 0.25) is 0 Å². The van der Waals surface area contributed by atoms with Crippen molar-refractivity contribution in [3.05, 3.63) is 77.0 Å². The highest BCUT2D eigenvalue weighted by Gasteiger charge is 2.34. The first-order valence-corrected chi connectivity index (χ1v) is 6.97. The van der Waals surface area contributed by atoms with Crippen LogP contribution >= 0.6 is 0 Å². The van der Waals surface area contributed by atoms with E-state index < -0.39 is 12.3 Å². The number of benzene rings is 2. The summed E-state index contributed by atoms with van der Waals surface area (Å²) in [5.74, 6) is -0.0267. The highest BCUT2D eigenvalue weighted by atomic mass is 16.7. The van der Waals surface area contributed by atoms with Crippen LogP contribution in [0.3, 0.4) is 0 Å². The quantitative estimate of drug-likeness (QED) is 0.812. The molecule has 0 amide bonds. The minimum atomic E-state index is -0.648. The van der Waals surface area contributed by atoms with Gasteiger partial charge in [0.1, 0.15) is 0 Å². The van der Waals surface area contributed by atoms with Crippen molar-refractivity contribution in [2.75, 3.05) is 7.11 Å². The molecule has 0 saturated heterocycles. The van der Waals surface area contributed by atoms with Crippen LogP contribution in [0, 0.1) is 6.92 Å².